The quantitative estimate of drug-likeness (QED) is 0.577. The Morgan fingerprint density at radius 1 is 1.64 bits per heavy atom. The highest BCUT2D eigenvalue weighted by Crippen LogP contribution is 2.17. The Kier molecular flexibility index (Phi) is 6.14. The lowest BCUT2D eigenvalue weighted by atomic mass is 10.2. The molecule has 0 saturated carbocycles. The van der Waals surface area contributed by atoms with Crippen LogP contribution in [0, 0.1) is 0 Å². The first-order chi connectivity index (χ1) is 6.83. The highest BCUT2D eigenvalue weighted by molar-refractivity contribution is 8.01. The molecule has 1 aromatic heterocycles. The van der Waals surface area contributed by atoms with E-state index < -0.39 is 0 Å². The lowest BCUT2D eigenvalue weighted by Crippen LogP contribution is -2.27. The van der Waals surface area contributed by atoms with Gasteiger partial charge in [-0.3, -0.25) is 0 Å². The van der Waals surface area contributed by atoms with Crippen LogP contribution in [0.5, 0.6) is 0 Å². The van der Waals surface area contributed by atoms with Crippen molar-refractivity contribution in [2.75, 3.05) is 12.3 Å². The zero-order valence-corrected chi connectivity index (χ0v) is 10.3. The van der Waals surface area contributed by atoms with Crippen molar-refractivity contribution in [3.63, 3.8) is 0 Å². The Hall–Kier alpha value is -0.130. The minimum atomic E-state index is 0.634. The van der Waals surface area contributed by atoms with Gasteiger partial charge in [-0.25, -0.2) is 0 Å². The van der Waals surface area contributed by atoms with Crippen molar-refractivity contribution >= 4 is 23.1 Å². The molecule has 0 radical (unpaired) electrons. The van der Waals surface area contributed by atoms with E-state index in [4.69, 9.17) is 0 Å². The summed E-state index contributed by atoms with van der Waals surface area (Å²) in [5, 5.41) is 11.2. The van der Waals surface area contributed by atoms with Crippen molar-refractivity contribution < 1.29 is 0 Å². The molecule has 5 heteroatoms. The van der Waals surface area contributed by atoms with Gasteiger partial charge < -0.3 is 5.32 Å². The van der Waals surface area contributed by atoms with Gasteiger partial charge in [-0.2, -0.15) is 0 Å². The van der Waals surface area contributed by atoms with Gasteiger partial charge in [0.05, 0.1) is 0 Å². The molecule has 0 saturated heterocycles. The summed E-state index contributed by atoms with van der Waals surface area (Å²) in [6, 6.07) is 0.634. The van der Waals surface area contributed by atoms with E-state index in [0.29, 0.717) is 6.04 Å². The molecule has 1 N–H and O–H groups in total. The third-order valence-electron chi connectivity index (χ3n) is 1.88. The highest BCUT2D eigenvalue weighted by atomic mass is 32.2. The summed E-state index contributed by atoms with van der Waals surface area (Å²) in [4.78, 5) is 0. The number of nitrogens with one attached hydrogen (secondary N) is 1. The summed E-state index contributed by atoms with van der Waals surface area (Å²) in [6.45, 7) is 5.50. The zero-order chi connectivity index (χ0) is 10.2. The molecular formula is C9H17N3S2. The average molecular weight is 231 g/mol. The van der Waals surface area contributed by atoms with E-state index in [-0.39, 0.29) is 0 Å². The molecule has 14 heavy (non-hydrogen) atoms. The summed E-state index contributed by atoms with van der Waals surface area (Å²) >= 11 is 3.37. The van der Waals surface area contributed by atoms with Crippen LogP contribution in [0.1, 0.15) is 26.7 Å². The van der Waals surface area contributed by atoms with Crippen molar-refractivity contribution in [2.45, 2.75) is 37.1 Å². The topological polar surface area (TPSA) is 37.8 Å². The second-order valence-electron chi connectivity index (χ2n) is 3.20. The molecule has 1 unspecified atom stereocenters. The van der Waals surface area contributed by atoms with Crippen molar-refractivity contribution in [3.8, 4) is 0 Å². The van der Waals surface area contributed by atoms with Gasteiger partial charge in [0.2, 0.25) is 0 Å². The van der Waals surface area contributed by atoms with E-state index in [1.54, 1.807) is 28.6 Å². The van der Waals surface area contributed by atoms with Crippen molar-refractivity contribution in [2.24, 2.45) is 0 Å². The van der Waals surface area contributed by atoms with Crippen LogP contribution in [0.4, 0.5) is 0 Å². The molecule has 0 spiro atoms. The normalized spacial score (nSPS) is 13.0. The Morgan fingerprint density at radius 2 is 2.50 bits per heavy atom. The molecule has 80 valence electrons. The average Bonchev–Trinajstić information content (AvgIpc) is 2.65. The number of hydrogen-bond acceptors (Lipinski definition) is 5. The van der Waals surface area contributed by atoms with Crippen molar-refractivity contribution in [3.05, 3.63) is 5.51 Å². The molecule has 0 aliphatic carbocycles. The maximum absolute atomic E-state index is 3.97. The minimum absolute atomic E-state index is 0.634. The van der Waals surface area contributed by atoms with Crippen LogP contribution in [0.25, 0.3) is 0 Å². The number of thioether (sulfide) groups is 1. The number of hydrogen-bond donors (Lipinski definition) is 1. The molecule has 1 heterocycles. The van der Waals surface area contributed by atoms with Gasteiger partial charge in [-0.05, 0) is 13.3 Å². The van der Waals surface area contributed by atoms with Gasteiger partial charge in [0.1, 0.15) is 5.51 Å². The van der Waals surface area contributed by atoms with E-state index >= 15 is 0 Å². The molecule has 1 rings (SSSR count). The van der Waals surface area contributed by atoms with Crippen molar-refractivity contribution in [1.82, 2.24) is 15.5 Å². The largest absolute Gasteiger partial charge is 0.313 e. The maximum atomic E-state index is 3.97. The minimum Gasteiger partial charge on any atom is -0.313 e. The number of rotatable bonds is 7. The molecule has 0 aliphatic rings. The van der Waals surface area contributed by atoms with Gasteiger partial charge in [0, 0.05) is 18.3 Å². The summed E-state index contributed by atoms with van der Waals surface area (Å²) in [6.07, 6.45) is 2.50. The predicted octanol–water partition coefficient (Wildman–Crippen LogP) is 2.41. The van der Waals surface area contributed by atoms with Gasteiger partial charge >= 0.3 is 0 Å². The predicted molar refractivity (Wildman–Crippen MR) is 63.0 cm³/mol. The molecular weight excluding hydrogens is 214 g/mol. The molecule has 1 aromatic rings. The van der Waals surface area contributed by atoms with E-state index in [0.717, 1.165) is 16.6 Å². The van der Waals surface area contributed by atoms with Gasteiger partial charge in [-0.15, -0.1) is 10.2 Å². The van der Waals surface area contributed by atoms with Crippen LogP contribution in [-0.2, 0) is 0 Å². The van der Waals surface area contributed by atoms with Crippen LogP contribution in [0.3, 0.4) is 0 Å². The lowest BCUT2D eigenvalue weighted by Gasteiger charge is -2.11. The molecule has 0 fully saturated rings. The van der Waals surface area contributed by atoms with Gasteiger partial charge in [-0.1, -0.05) is 36.4 Å². The highest BCUT2D eigenvalue weighted by Gasteiger charge is 2.00. The first kappa shape index (κ1) is 11.9. The summed E-state index contributed by atoms with van der Waals surface area (Å²) in [5.41, 5.74) is 1.77. The smallest absolute Gasteiger partial charge is 0.174 e. The first-order valence-electron chi connectivity index (χ1n) is 4.95. The standard InChI is InChI=1S/C9H17N3S2/c1-3-4-8(2)10-5-6-13-9-12-11-7-14-9/h7-8,10H,3-6H2,1-2H3. The maximum Gasteiger partial charge on any atom is 0.174 e. The Morgan fingerprint density at radius 3 is 3.14 bits per heavy atom. The fraction of sp³-hybridized carbons (Fsp3) is 0.778. The molecule has 3 nitrogen and oxygen atoms in total. The number of nitrogens with zero attached hydrogens (tertiary/aromatic N) is 2. The van der Waals surface area contributed by atoms with Crippen molar-refractivity contribution in [1.29, 1.82) is 0 Å². The molecule has 1 atom stereocenters. The molecule has 0 aromatic carbocycles. The SMILES string of the molecule is CCCC(C)NCCSc1nncs1. The molecule has 0 bridgehead atoms. The molecule has 0 amide bonds. The van der Waals surface area contributed by atoms with Gasteiger partial charge in [0.15, 0.2) is 4.34 Å². The fourth-order valence-electron chi connectivity index (χ4n) is 1.20. The van der Waals surface area contributed by atoms with Crippen LogP contribution in [-0.4, -0.2) is 28.5 Å². The first-order valence-corrected chi connectivity index (χ1v) is 6.81. The Bertz CT molecular complexity index is 226. The van der Waals surface area contributed by atoms with E-state index in [1.807, 2.05) is 0 Å². The summed E-state index contributed by atoms with van der Waals surface area (Å²) < 4.78 is 1.06. The second-order valence-corrected chi connectivity index (χ2v) is 5.37. The summed E-state index contributed by atoms with van der Waals surface area (Å²) in [7, 11) is 0. The van der Waals surface area contributed by atoms with Crippen LogP contribution in [0.2, 0.25) is 0 Å². The lowest BCUT2D eigenvalue weighted by molar-refractivity contribution is 0.526. The number of aromatic nitrogens is 2. The fourth-order valence-corrected chi connectivity index (χ4v) is 2.63. The third-order valence-corrected chi connectivity index (χ3v) is 3.74. The van der Waals surface area contributed by atoms with E-state index in [9.17, 15) is 0 Å². The van der Waals surface area contributed by atoms with E-state index in [2.05, 4.69) is 29.4 Å². The second kappa shape index (κ2) is 7.20. The Balaban J connectivity index is 1.99. The van der Waals surface area contributed by atoms with Crippen LogP contribution >= 0.6 is 23.1 Å². The molecule has 0 aliphatic heterocycles. The third kappa shape index (κ3) is 4.93. The Labute approximate surface area is 93.7 Å². The van der Waals surface area contributed by atoms with Crippen LogP contribution in [0.15, 0.2) is 9.85 Å². The summed E-state index contributed by atoms with van der Waals surface area (Å²) in [5.74, 6) is 1.07. The van der Waals surface area contributed by atoms with Gasteiger partial charge in [0.25, 0.3) is 0 Å². The zero-order valence-electron chi connectivity index (χ0n) is 8.69. The monoisotopic (exact) mass is 231 g/mol. The van der Waals surface area contributed by atoms with E-state index in [1.165, 1.54) is 12.8 Å². The van der Waals surface area contributed by atoms with Crippen LogP contribution < -0.4 is 5.32 Å².